The molecule has 0 aliphatic carbocycles. The Labute approximate surface area is 147 Å². The van der Waals surface area contributed by atoms with Crippen LogP contribution in [0.15, 0.2) is 36.4 Å². The van der Waals surface area contributed by atoms with E-state index in [0.29, 0.717) is 35.3 Å². The van der Waals surface area contributed by atoms with Crippen LogP contribution in [0.2, 0.25) is 5.02 Å². The minimum atomic E-state index is -0.205. The fourth-order valence-electron chi connectivity index (χ4n) is 2.21. The molecule has 5 heteroatoms. The van der Waals surface area contributed by atoms with Gasteiger partial charge in [-0.3, -0.25) is 4.79 Å². The fraction of sp³-hybridized carbons (Fsp3) is 0.316. The minimum absolute atomic E-state index is 0.205. The molecule has 24 heavy (non-hydrogen) atoms. The van der Waals surface area contributed by atoms with E-state index < -0.39 is 0 Å². The van der Waals surface area contributed by atoms with Gasteiger partial charge in [-0.05, 0) is 62.2 Å². The van der Waals surface area contributed by atoms with Crippen molar-refractivity contribution in [2.24, 2.45) is 0 Å². The minimum Gasteiger partial charge on any atom is -0.490 e. The van der Waals surface area contributed by atoms with Crippen molar-refractivity contribution in [1.29, 1.82) is 0 Å². The van der Waals surface area contributed by atoms with Gasteiger partial charge in [0.25, 0.3) is 5.91 Å². The molecule has 0 unspecified atom stereocenters. The lowest BCUT2D eigenvalue weighted by molar-refractivity contribution is 0.102. The summed E-state index contributed by atoms with van der Waals surface area (Å²) in [6, 6.07) is 10.5. The highest BCUT2D eigenvalue weighted by atomic mass is 35.5. The number of ether oxygens (including phenoxy) is 2. The molecule has 2 aromatic rings. The van der Waals surface area contributed by atoms with Gasteiger partial charge in [0.1, 0.15) is 0 Å². The summed E-state index contributed by atoms with van der Waals surface area (Å²) in [4.78, 5) is 12.5. The molecule has 0 aliphatic rings. The zero-order valence-electron chi connectivity index (χ0n) is 14.2. The predicted octanol–water partition coefficient (Wildman–Crippen LogP) is 5.09. The van der Waals surface area contributed by atoms with E-state index >= 15 is 0 Å². The fourth-order valence-corrected chi connectivity index (χ4v) is 2.44. The van der Waals surface area contributed by atoms with Crippen molar-refractivity contribution >= 4 is 23.2 Å². The van der Waals surface area contributed by atoms with Gasteiger partial charge in [-0.1, -0.05) is 18.5 Å². The van der Waals surface area contributed by atoms with Gasteiger partial charge in [0.2, 0.25) is 0 Å². The van der Waals surface area contributed by atoms with E-state index in [-0.39, 0.29) is 5.91 Å². The Bertz CT molecular complexity index is 716. The molecule has 0 heterocycles. The first kappa shape index (κ1) is 18.1. The Morgan fingerprint density at radius 2 is 1.88 bits per heavy atom. The zero-order valence-corrected chi connectivity index (χ0v) is 14.9. The normalized spacial score (nSPS) is 10.3. The second-order valence-electron chi connectivity index (χ2n) is 5.36. The molecule has 128 valence electrons. The molecule has 0 aromatic heterocycles. The van der Waals surface area contributed by atoms with Crippen molar-refractivity contribution in [3.05, 3.63) is 52.5 Å². The SMILES string of the molecule is CCCOc1ccc(C(=O)Nc2ccc(Cl)cc2C)cc1OCC. The van der Waals surface area contributed by atoms with Gasteiger partial charge >= 0.3 is 0 Å². The first-order valence-corrected chi connectivity index (χ1v) is 8.40. The summed E-state index contributed by atoms with van der Waals surface area (Å²) >= 11 is 5.94. The molecule has 0 fully saturated rings. The lowest BCUT2D eigenvalue weighted by Crippen LogP contribution is -2.13. The van der Waals surface area contributed by atoms with Gasteiger partial charge < -0.3 is 14.8 Å². The molecule has 1 amide bonds. The maximum atomic E-state index is 12.5. The topological polar surface area (TPSA) is 47.6 Å². The van der Waals surface area contributed by atoms with Crippen molar-refractivity contribution in [1.82, 2.24) is 0 Å². The molecule has 0 aliphatic heterocycles. The number of hydrogen-bond donors (Lipinski definition) is 1. The van der Waals surface area contributed by atoms with E-state index in [1.165, 1.54) is 0 Å². The third-order valence-electron chi connectivity index (χ3n) is 3.40. The number of hydrogen-bond acceptors (Lipinski definition) is 3. The van der Waals surface area contributed by atoms with Crippen LogP contribution in [0.3, 0.4) is 0 Å². The molecule has 2 aromatic carbocycles. The van der Waals surface area contributed by atoms with Crippen LogP contribution in [-0.4, -0.2) is 19.1 Å². The number of rotatable bonds is 7. The lowest BCUT2D eigenvalue weighted by Gasteiger charge is -2.13. The van der Waals surface area contributed by atoms with E-state index in [4.69, 9.17) is 21.1 Å². The number of amides is 1. The number of benzene rings is 2. The van der Waals surface area contributed by atoms with E-state index in [1.807, 2.05) is 26.8 Å². The van der Waals surface area contributed by atoms with E-state index in [9.17, 15) is 4.79 Å². The molecule has 4 nitrogen and oxygen atoms in total. The van der Waals surface area contributed by atoms with Crippen LogP contribution >= 0.6 is 11.6 Å². The summed E-state index contributed by atoms with van der Waals surface area (Å²) in [5, 5.41) is 3.53. The van der Waals surface area contributed by atoms with Gasteiger partial charge in [-0.15, -0.1) is 0 Å². The van der Waals surface area contributed by atoms with Gasteiger partial charge in [0.05, 0.1) is 13.2 Å². The quantitative estimate of drug-likeness (QED) is 0.759. The number of carbonyl (C=O) groups excluding carboxylic acids is 1. The van der Waals surface area contributed by atoms with Crippen LogP contribution in [0.5, 0.6) is 11.5 Å². The highest BCUT2D eigenvalue weighted by Gasteiger charge is 2.13. The maximum absolute atomic E-state index is 12.5. The number of nitrogens with one attached hydrogen (secondary N) is 1. The van der Waals surface area contributed by atoms with Gasteiger partial charge in [-0.2, -0.15) is 0 Å². The summed E-state index contributed by atoms with van der Waals surface area (Å²) in [7, 11) is 0. The van der Waals surface area contributed by atoms with Crippen molar-refractivity contribution < 1.29 is 14.3 Å². The smallest absolute Gasteiger partial charge is 0.255 e. The molecule has 0 saturated heterocycles. The Morgan fingerprint density at radius 3 is 2.54 bits per heavy atom. The summed E-state index contributed by atoms with van der Waals surface area (Å²) in [5.74, 6) is 1.02. The number of anilines is 1. The second-order valence-corrected chi connectivity index (χ2v) is 5.79. The van der Waals surface area contributed by atoms with Crippen LogP contribution in [0, 0.1) is 6.92 Å². The Balaban J connectivity index is 2.20. The Hall–Kier alpha value is -2.20. The molecule has 0 saturated carbocycles. The predicted molar refractivity (Wildman–Crippen MR) is 97.5 cm³/mol. The first-order chi connectivity index (χ1) is 11.5. The molecule has 2 rings (SSSR count). The summed E-state index contributed by atoms with van der Waals surface area (Å²) in [6.07, 6.45) is 0.906. The van der Waals surface area contributed by atoms with Crippen molar-refractivity contribution in [2.45, 2.75) is 27.2 Å². The van der Waals surface area contributed by atoms with Gasteiger partial charge in [-0.25, -0.2) is 0 Å². The zero-order chi connectivity index (χ0) is 17.5. The number of halogens is 1. The molecule has 1 N–H and O–H groups in total. The molecule has 0 atom stereocenters. The Kier molecular flexibility index (Phi) is 6.50. The molecule has 0 spiro atoms. The average molecular weight is 348 g/mol. The molecule has 0 radical (unpaired) electrons. The standard InChI is InChI=1S/C19H22ClNO3/c1-4-10-24-17-9-6-14(12-18(17)23-5-2)19(22)21-16-8-7-15(20)11-13(16)3/h6-9,11-12H,4-5,10H2,1-3H3,(H,21,22). The third-order valence-corrected chi connectivity index (χ3v) is 3.64. The molecular formula is C19H22ClNO3. The third kappa shape index (κ3) is 4.65. The second kappa shape index (κ2) is 8.60. The summed E-state index contributed by atoms with van der Waals surface area (Å²) < 4.78 is 11.2. The van der Waals surface area contributed by atoms with Crippen molar-refractivity contribution in [2.75, 3.05) is 18.5 Å². The largest absolute Gasteiger partial charge is 0.490 e. The van der Waals surface area contributed by atoms with Crippen molar-refractivity contribution in [3.63, 3.8) is 0 Å². The average Bonchev–Trinajstić information content (AvgIpc) is 2.56. The number of carbonyl (C=O) groups is 1. The van der Waals surface area contributed by atoms with E-state index in [0.717, 1.165) is 17.7 Å². The van der Waals surface area contributed by atoms with Crippen LogP contribution < -0.4 is 14.8 Å². The maximum Gasteiger partial charge on any atom is 0.255 e. The van der Waals surface area contributed by atoms with Crippen LogP contribution in [0.1, 0.15) is 36.2 Å². The van der Waals surface area contributed by atoms with Crippen LogP contribution in [-0.2, 0) is 0 Å². The van der Waals surface area contributed by atoms with Crippen LogP contribution in [0.4, 0.5) is 5.69 Å². The van der Waals surface area contributed by atoms with E-state index in [1.54, 1.807) is 30.3 Å². The first-order valence-electron chi connectivity index (χ1n) is 8.02. The highest BCUT2D eigenvalue weighted by molar-refractivity contribution is 6.30. The summed E-state index contributed by atoms with van der Waals surface area (Å²) in [5.41, 5.74) is 2.15. The van der Waals surface area contributed by atoms with E-state index in [2.05, 4.69) is 5.32 Å². The highest BCUT2D eigenvalue weighted by Crippen LogP contribution is 2.29. The number of aryl methyl sites for hydroxylation is 1. The molecule has 0 bridgehead atoms. The van der Waals surface area contributed by atoms with Gasteiger partial charge in [0, 0.05) is 16.3 Å². The van der Waals surface area contributed by atoms with Crippen LogP contribution in [0.25, 0.3) is 0 Å². The Morgan fingerprint density at radius 1 is 1.08 bits per heavy atom. The lowest BCUT2D eigenvalue weighted by atomic mass is 10.1. The molecular weight excluding hydrogens is 326 g/mol. The van der Waals surface area contributed by atoms with Crippen molar-refractivity contribution in [3.8, 4) is 11.5 Å². The summed E-state index contributed by atoms with van der Waals surface area (Å²) in [6.45, 7) is 6.94. The van der Waals surface area contributed by atoms with Gasteiger partial charge in [0.15, 0.2) is 11.5 Å². The monoisotopic (exact) mass is 347 g/mol.